The van der Waals surface area contributed by atoms with E-state index in [1.54, 1.807) is 7.11 Å². The van der Waals surface area contributed by atoms with Crippen molar-refractivity contribution < 1.29 is 9.53 Å². The Bertz CT molecular complexity index is 793. The molecule has 0 bridgehead atoms. The Morgan fingerprint density at radius 2 is 2.04 bits per heavy atom. The van der Waals surface area contributed by atoms with E-state index in [1.165, 1.54) is 25.7 Å². The van der Waals surface area contributed by atoms with Gasteiger partial charge in [-0.3, -0.25) is 9.69 Å². The molecule has 1 aromatic carbocycles. The van der Waals surface area contributed by atoms with Gasteiger partial charge in [-0.1, -0.05) is 12.8 Å². The molecule has 2 aromatic rings. The Morgan fingerprint density at radius 1 is 1.30 bits per heavy atom. The summed E-state index contributed by atoms with van der Waals surface area (Å²) in [5.41, 5.74) is 3.17. The second kappa shape index (κ2) is 7.72. The molecular weight excluding hydrogens is 340 g/mol. The zero-order chi connectivity index (χ0) is 18.8. The molecule has 6 heteroatoms. The summed E-state index contributed by atoms with van der Waals surface area (Å²) in [6.45, 7) is 1.88. The molecule has 1 aliphatic carbocycles. The summed E-state index contributed by atoms with van der Waals surface area (Å²) in [7, 11) is 3.75. The van der Waals surface area contributed by atoms with E-state index in [-0.39, 0.29) is 5.91 Å². The average Bonchev–Trinajstić information content (AvgIpc) is 3.37. The molecule has 1 saturated carbocycles. The SMILES string of the molecule is COc1ccc(-c2nc3c([nH]2)CN(C(=O)CN(C)C2CCCC2)CC3)cc1. The number of nitrogens with zero attached hydrogens (tertiary/aromatic N) is 3. The smallest absolute Gasteiger partial charge is 0.237 e. The fraction of sp³-hybridized carbons (Fsp3) is 0.524. The van der Waals surface area contributed by atoms with Gasteiger partial charge in [-0.25, -0.2) is 4.98 Å². The highest BCUT2D eigenvalue weighted by molar-refractivity contribution is 5.78. The van der Waals surface area contributed by atoms with Crippen molar-refractivity contribution in [2.45, 2.75) is 44.7 Å². The molecule has 2 aliphatic rings. The fourth-order valence-corrected chi connectivity index (χ4v) is 4.18. The fourth-order valence-electron chi connectivity index (χ4n) is 4.18. The molecular formula is C21H28N4O2. The third-order valence-corrected chi connectivity index (χ3v) is 5.88. The monoisotopic (exact) mass is 368 g/mol. The van der Waals surface area contributed by atoms with Crippen molar-refractivity contribution in [3.05, 3.63) is 35.7 Å². The van der Waals surface area contributed by atoms with Gasteiger partial charge in [0.25, 0.3) is 0 Å². The molecule has 1 aliphatic heterocycles. The van der Waals surface area contributed by atoms with Crippen LogP contribution in [0.3, 0.4) is 0 Å². The number of methoxy groups -OCH3 is 1. The summed E-state index contributed by atoms with van der Waals surface area (Å²) < 4.78 is 5.22. The number of carbonyl (C=O) groups is 1. The Morgan fingerprint density at radius 3 is 2.74 bits per heavy atom. The number of aromatic nitrogens is 2. The minimum Gasteiger partial charge on any atom is -0.497 e. The van der Waals surface area contributed by atoms with Crippen LogP contribution in [-0.2, 0) is 17.8 Å². The third kappa shape index (κ3) is 3.86. The molecule has 0 saturated heterocycles. The number of likely N-dealkylation sites (N-methyl/N-ethyl adjacent to an activating group) is 1. The molecule has 6 nitrogen and oxygen atoms in total. The molecule has 0 unspecified atom stereocenters. The molecule has 1 N–H and O–H groups in total. The number of hydrogen-bond acceptors (Lipinski definition) is 4. The molecule has 0 spiro atoms. The van der Waals surface area contributed by atoms with E-state index in [0.29, 0.717) is 19.1 Å². The number of H-pyrrole nitrogens is 1. The number of carbonyl (C=O) groups excluding carboxylic acids is 1. The van der Waals surface area contributed by atoms with E-state index in [1.807, 2.05) is 29.2 Å². The molecule has 1 fully saturated rings. The standard InChI is InChI=1S/C21H28N4O2/c1-24(16-5-3-4-6-16)14-20(26)25-12-11-18-19(13-25)23-21(22-18)15-7-9-17(27-2)10-8-15/h7-10,16H,3-6,11-14H2,1-2H3,(H,22,23). The van der Waals surface area contributed by atoms with Crippen LogP contribution in [0.2, 0.25) is 0 Å². The number of imidazole rings is 1. The van der Waals surface area contributed by atoms with Gasteiger partial charge >= 0.3 is 0 Å². The van der Waals surface area contributed by atoms with Gasteiger partial charge < -0.3 is 14.6 Å². The second-order valence-electron chi connectivity index (χ2n) is 7.66. The first-order chi connectivity index (χ1) is 13.1. The van der Waals surface area contributed by atoms with Gasteiger partial charge in [0.05, 0.1) is 31.6 Å². The molecule has 4 rings (SSSR count). The first kappa shape index (κ1) is 18.0. The topological polar surface area (TPSA) is 61.5 Å². The Balaban J connectivity index is 1.41. The predicted octanol–water partition coefficient (Wildman–Crippen LogP) is 2.84. The summed E-state index contributed by atoms with van der Waals surface area (Å²) >= 11 is 0. The number of ether oxygens (including phenoxy) is 1. The van der Waals surface area contributed by atoms with E-state index in [0.717, 1.165) is 41.5 Å². The van der Waals surface area contributed by atoms with Crippen molar-refractivity contribution in [2.75, 3.05) is 27.2 Å². The highest BCUT2D eigenvalue weighted by Crippen LogP contribution is 2.25. The van der Waals surface area contributed by atoms with Gasteiger partial charge in [0.15, 0.2) is 0 Å². The molecule has 1 amide bonds. The zero-order valence-electron chi connectivity index (χ0n) is 16.2. The van der Waals surface area contributed by atoms with Crippen LogP contribution in [0.4, 0.5) is 0 Å². The van der Waals surface area contributed by atoms with Gasteiger partial charge in [-0.2, -0.15) is 0 Å². The van der Waals surface area contributed by atoms with Crippen molar-refractivity contribution in [3.63, 3.8) is 0 Å². The largest absolute Gasteiger partial charge is 0.497 e. The number of hydrogen-bond donors (Lipinski definition) is 1. The zero-order valence-corrected chi connectivity index (χ0v) is 16.2. The third-order valence-electron chi connectivity index (χ3n) is 5.88. The number of nitrogens with one attached hydrogen (secondary N) is 1. The van der Waals surface area contributed by atoms with E-state index < -0.39 is 0 Å². The summed E-state index contributed by atoms with van der Waals surface area (Å²) in [5.74, 6) is 1.91. The van der Waals surface area contributed by atoms with Crippen molar-refractivity contribution in [1.29, 1.82) is 0 Å². The number of aromatic amines is 1. The van der Waals surface area contributed by atoms with E-state index >= 15 is 0 Å². The van der Waals surface area contributed by atoms with Crippen molar-refractivity contribution >= 4 is 5.91 Å². The maximum Gasteiger partial charge on any atom is 0.237 e. The van der Waals surface area contributed by atoms with Crippen molar-refractivity contribution in [2.24, 2.45) is 0 Å². The maximum atomic E-state index is 12.8. The van der Waals surface area contributed by atoms with Gasteiger partial charge in [0, 0.05) is 24.6 Å². The first-order valence-corrected chi connectivity index (χ1v) is 9.84. The highest BCUT2D eigenvalue weighted by Gasteiger charge is 2.27. The van der Waals surface area contributed by atoms with Crippen LogP contribution in [0, 0.1) is 0 Å². The number of rotatable bonds is 5. The van der Waals surface area contributed by atoms with Crippen LogP contribution in [-0.4, -0.2) is 59.0 Å². The summed E-state index contributed by atoms with van der Waals surface area (Å²) in [6, 6.07) is 8.45. The minimum absolute atomic E-state index is 0.218. The van der Waals surface area contributed by atoms with Gasteiger partial charge in [0.1, 0.15) is 11.6 Å². The van der Waals surface area contributed by atoms with Crippen LogP contribution >= 0.6 is 0 Å². The summed E-state index contributed by atoms with van der Waals surface area (Å²) in [4.78, 5) is 25.1. The average molecular weight is 368 g/mol. The second-order valence-corrected chi connectivity index (χ2v) is 7.66. The molecule has 2 heterocycles. The molecule has 144 valence electrons. The lowest BCUT2D eigenvalue weighted by Crippen LogP contribution is -2.44. The maximum absolute atomic E-state index is 12.8. The summed E-state index contributed by atoms with van der Waals surface area (Å²) in [6.07, 6.45) is 5.83. The normalized spacial score (nSPS) is 17.4. The van der Waals surface area contributed by atoms with Crippen molar-refractivity contribution in [3.8, 4) is 17.1 Å². The van der Waals surface area contributed by atoms with E-state index in [2.05, 4.69) is 16.9 Å². The Hall–Kier alpha value is -2.34. The number of benzene rings is 1. The van der Waals surface area contributed by atoms with E-state index in [4.69, 9.17) is 9.72 Å². The molecule has 0 radical (unpaired) electrons. The Kier molecular flexibility index (Phi) is 5.16. The van der Waals surface area contributed by atoms with Gasteiger partial charge in [-0.15, -0.1) is 0 Å². The summed E-state index contributed by atoms with van der Waals surface area (Å²) in [5, 5.41) is 0. The highest BCUT2D eigenvalue weighted by atomic mass is 16.5. The van der Waals surface area contributed by atoms with Gasteiger partial charge in [0.2, 0.25) is 5.91 Å². The van der Waals surface area contributed by atoms with E-state index in [9.17, 15) is 4.79 Å². The lowest BCUT2D eigenvalue weighted by atomic mass is 10.1. The molecule has 0 atom stereocenters. The number of amides is 1. The van der Waals surface area contributed by atoms with Gasteiger partial charge in [-0.05, 0) is 44.2 Å². The predicted molar refractivity (Wildman–Crippen MR) is 105 cm³/mol. The first-order valence-electron chi connectivity index (χ1n) is 9.84. The minimum atomic E-state index is 0.218. The van der Waals surface area contributed by atoms with Crippen LogP contribution in [0.5, 0.6) is 5.75 Å². The van der Waals surface area contributed by atoms with Crippen LogP contribution < -0.4 is 4.74 Å². The molecule has 27 heavy (non-hydrogen) atoms. The quantitative estimate of drug-likeness (QED) is 0.882. The number of fused-ring (bicyclic) bond motifs is 1. The Labute approximate surface area is 160 Å². The van der Waals surface area contributed by atoms with Crippen molar-refractivity contribution in [1.82, 2.24) is 19.8 Å². The molecule has 1 aromatic heterocycles. The lowest BCUT2D eigenvalue weighted by molar-refractivity contribution is -0.133. The van der Waals surface area contributed by atoms with Crippen LogP contribution in [0.15, 0.2) is 24.3 Å². The van der Waals surface area contributed by atoms with Crippen LogP contribution in [0.25, 0.3) is 11.4 Å². The van der Waals surface area contributed by atoms with Crippen LogP contribution in [0.1, 0.15) is 37.1 Å². The lowest BCUT2D eigenvalue weighted by Gasteiger charge is -2.30.